The van der Waals surface area contributed by atoms with Crippen LogP contribution in [0.2, 0.25) is 10.0 Å². The first kappa shape index (κ1) is 14.9. The molecule has 2 aromatic rings. The van der Waals surface area contributed by atoms with Crippen molar-refractivity contribution >= 4 is 29.0 Å². The highest BCUT2D eigenvalue weighted by atomic mass is 35.5. The van der Waals surface area contributed by atoms with Crippen LogP contribution in [0.4, 0.5) is 0 Å². The van der Waals surface area contributed by atoms with E-state index >= 15 is 0 Å². The van der Waals surface area contributed by atoms with Gasteiger partial charge in [-0.15, -0.1) is 0 Å². The zero-order valence-electron chi connectivity index (χ0n) is 11.0. The molecule has 4 heteroatoms. The molecule has 20 heavy (non-hydrogen) atoms. The Morgan fingerprint density at radius 3 is 2.65 bits per heavy atom. The lowest BCUT2D eigenvalue weighted by Crippen LogP contribution is -2.03. The van der Waals surface area contributed by atoms with Gasteiger partial charge in [-0.05, 0) is 30.3 Å². The van der Waals surface area contributed by atoms with E-state index in [-0.39, 0.29) is 12.4 Å². The standard InChI is InChI=1S/C16H14Cl2O2/c1-2-15(19)13-5-3-4-6-16(13)20-10-11-9-12(17)7-8-14(11)18/h3-9H,2,10H2,1H3. The van der Waals surface area contributed by atoms with Gasteiger partial charge in [-0.3, -0.25) is 4.79 Å². The fourth-order valence-electron chi connectivity index (χ4n) is 1.82. The number of halogens is 2. The summed E-state index contributed by atoms with van der Waals surface area (Å²) >= 11 is 12.0. The van der Waals surface area contributed by atoms with Crippen molar-refractivity contribution in [2.75, 3.05) is 0 Å². The molecule has 2 nitrogen and oxygen atoms in total. The number of Topliss-reactive ketones (excluding diaryl/α,β-unsaturated/α-hetero) is 1. The summed E-state index contributed by atoms with van der Waals surface area (Å²) in [6, 6.07) is 12.4. The molecule has 104 valence electrons. The molecule has 0 spiro atoms. The molecule has 0 N–H and O–H groups in total. The van der Waals surface area contributed by atoms with E-state index < -0.39 is 0 Å². The van der Waals surface area contributed by atoms with E-state index in [0.29, 0.717) is 27.8 Å². The van der Waals surface area contributed by atoms with E-state index in [4.69, 9.17) is 27.9 Å². The van der Waals surface area contributed by atoms with Gasteiger partial charge in [0.15, 0.2) is 5.78 Å². The van der Waals surface area contributed by atoms with Gasteiger partial charge in [0.25, 0.3) is 0 Å². The van der Waals surface area contributed by atoms with Gasteiger partial charge in [-0.1, -0.05) is 42.3 Å². The van der Waals surface area contributed by atoms with Gasteiger partial charge in [0.05, 0.1) is 5.56 Å². The lowest BCUT2D eigenvalue weighted by Gasteiger charge is -2.11. The average Bonchev–Trinajstić information content (AvgIpc) is 2.47. The highest BCUT2D eigenvalue weighted by Gasteiger charge is 2.11. The number of carbonyl (C=O) groups is 1. The first-order chi connectivity index (χ1) is 9.61. The molecule has 0 unspecified atom stereocenters. The van der Waals surface area contributed by atoms with E-state index in [2.05, 4.69) is 0 Å². The molecule has 0 atom stereocenters. The zero-order valence-corrected chi connectivity index (χ0v) is 12.5. The topological polar surface area (TPSA) is 26.3 Å². The molecule has 0 heterocycles. The molecule has 0 saturated carbocycles. The van der Waals surface area contributed by atoms with Crippen LogP contribution < -0.4 is 4.74 Å². The summed E-state index contributed by atoms with van der Waals surface area (Å²) in [6.45, 7) is 2.10. The number of para-hydroxylation sites is 1. The second-order valence-corrected chi connectivity index (χ2v) is 5.14. The van der Waals surface area contributed by atoms with Crippen molar-refractivity contribution in [3.63, 3.8) is 0 Å². The maximum Gasteiger partial charge on any atom is 0.166 e. The molecule has 0 aliphatic carbocycles. The summed E-state index contributed by atoms with van der Waals surface area (Å²) in [7, 11) is 0. The van der Waals surface area contributed by atoms with Crippen molar-refractivity contribution in [3.8, 4) is 5.75 Å². The first-order valence-corrected chi connectivity index (χ1v) is 7.06. The lowest BCUT2D eigenvalue weighted by molar-refractivity contribution is 0.0983. The Balaban J connectivity index is 2.19. The Kier molecular flexibility index (Phi) is 5.05. The second-order valence-electron chi connectivity index (χ2n) is 4.30. The summed E-state index contributed by atoms with van der Waals surface area (Å²) in [5.41, 5.74) is 1.38. The third-order valence-corrected chi connectivity index (χ3v) is 3.50. The number of rotatable bonds is 5. The Bertz CT molecular complexity index is 624. The molecule has 0 aliphatic heterocycles. The minimum Gasteiger partial charge on any atom is -0.488 e. The van der Waals surface area contributed by atoms with Crippen LogP contribution in [-0.2, 0) is 6.61 Å². The highest BCUT2D eigenvalue weighted by molar-refractivity contribution is 6.33. The second kappa shape index (κ2) is 6.78. The van der Waals surface area contributed by atoms with E-state index in [0.717, 1.165) is 5.56 Å². The maximum absolute atomic E-state index is 11.8. The SMILES string of the molecule is CCC(=O)c1ccccc1OCc1cc(Cl)ccc1Cl. The molecule has 0 bridgehead atoms. The van der Waals surface area contributed by atoms with Crippen LogP contribution in [0, 0.1) is 0 Å². The fraction of sp³-hybridized carbons (Fsp3) is 0.188. The van der Waals surface area contributed by atoms with Crippen molar-refractivity contribution < 1.29 is 9.53 Å². The van der Waals surface area contributed by atoms with Crippen LogP contribution in [0.25, 0.3) is 0 Å². The quantitative estimate of drug-likeness (QED) is 0.713. The molecule has 2 aromatic carbocycles. The van der Waals surface area contributed by atoms with Gasteiger partial charge in [0, 0.05) is 22.0 Å². The molecule has 0 fully saturated rings. The van der Waals surface area contributed by atoms with E-state index in [1.54, 1.807) is 30.3 Å². The van der Waals surface area contributed by atoms with Gasteiger partial charge >= 0.3 is 0 Å². The maximum atomic E-state index is 11.8. The number of ether oxygens (including phenoxy) is 1. The molecule has 0 aliphatic rings. The Labute approximate surface area is 128 Å². The van der Waals surface area contributed by atoms with Gasteiger partial charge in [-0.25, -0.2) is 0 Å². The van der Waals surface area contributed by atoms with Crippen LogP contribution in [0.1, 0.15) is 29.3 Å². The normalized spacial score (nSPS) is 10.3. The van der Waals surface area contributed by atoms with Crippen molar-refractivity contribution in [2.45, 2.75) is 20.0 Å². The van der Waals surface area contributed by atoms with Crippen LogP contribution in [-0.4, -0.2) is 5.78 Å². The minimum absolute atomic E-state index is 0.0535. The number of hydrogen-bond acceptors (Lipinski definition) is 2. The predicted octanol–water partition coefficient (Wildman–Crippen LogP) is 5.17. The molecular formula is C16H14Cl2O2. The fourth-order valence-corrected chi connectivity index (χ4v) is 2.19. The van der Waals surface area contributed by atoms with Crippen molar-refractivity contribution in [2.24, 2.45) is 0 Å². The monoisotopic (exact) mass is 308 g/mol. The van der Waals surface area contributed by atoms with Gasteiger partial charge in [0.1, 0.15) is 12.4 Å². The Hall–Kier alpha value is -1.51. The smallest absolute Gasteiger partial charge is 0.166 e. The van der Waals surface area contributed by atoms with E-state index in [9.17, 15) is 4.79 Å². The van der Waals surface area contributed by atoms with E-state index in [1.807, 2.05) is 19.1 Å². The van der Waals surface area contributed by atoms with Crippen molar-refractivity contribution in [1.29, 1.82) is 0 Å². The molecule has 0 aromatic heterocycles. The number of ketones is 1. The lowest BCUT2D eigenvalue weighted by atomic mass is 10.1. The van der Waals surface area contributed by atoms with Crippen LogP contribution in [0.3, 0.4) is 0 Å². The number of benzene rings is 2. The van der Waals surface area contributed by atoms with Gasteiger partial charge in [-0.2, -0.15) is 0 Å². The summed E-state index contributed by atoms with van der Waals surface area (Å²) in [6.07, 6.45) is 0.443. The third-order valence-electron chi connectivity index (χ3n) is 2.90. The number of carbonyl (C=O) groups excluding carboxylic acids is 1. The van der Waals surface area contributed by atoms with Crippen LogP contribution in [0.15, 0.2) is 42.5 Å². The predicted molar refractivity (Wildman–Crippen MR) is 81.9 cm³/mol. The van der Waals surface area contributed by atoms with Gasteiger partial charge in [0.2, 0.25) is 0 Å². The highest BCUT2D eigenvalue weighted by Crippen LogP contribution is 2.25. The Morgan fingerprint density at radius 2 is 1.90 bits per heavy atom. The van der Waals surface area contributed by atoms with Crippen LogP contribution in [0.5, 0.6) is 5.75 Å². The summed E-state index contributed by atoms with van der Waals surface area (Å²) in [5, 5.41) is 1.19. The molecule has 0 radical (unpaired) electrons. The average molecular weight is 309 g/mol. The molecular weight excluding hydrogens is 295 g/mol. The summed E-state index contributed by atoms with van der Waals surface area (Å²) in [4.78, 5) is 11.8. The van der Waals surface area contributed by atoms with Crippen molar-refractivity contribution in [3.05, 3.63) is 63.6 Å². The zero-order chi connectivity index (χ0) is 14.5. The van der Waals surface area contributed by atoms with Crippen molar-refractivity contribution in [1.82, 2.24) is 0 Å². The minimum atomic E-state index is 0.0535. The summed E-state index contributed by atoms with van der Waals surface area (Å²) in [5.74, 6) is 0.619. The Morgan fingerprint density at radius 1 is 1.15 bits per heavy atom. The number of hydrogen-bond donors (Lipinski definition) is 0. The first-order valence-electron chi connectivity index (χ1n) is 6.30. The molecule has 2 rings (SSSR count). The molecule has 0 saturated heterocycles. The largest absolute Gasteiger partial charge is 0.488 e. The summed E-state index contributed by atoms with van der Waals surface area (Å²) < 4.78 is 5.72. The van der Waals surface area contributed by atoms with Crippen LogP contribution >= 0.6 is 23.2 Å². The molecule has 0 amide bonds. The third kappa shape index (κ3) is 3.53. The van der Waals surface area contributed by atoms with Gasteiger partial charge < -0.3 is 4.74 Å². The van der Waals surface area contributed by atoms with E-state index in [1.165, 1.54) is 0 Å².